The predicted molar refractivity (Wildman–Crippen MR) is 38.4 cm³/mol. The summed E-state index contributed by atoms with van der Waals surface area (Å²) < 4.78 is 5.05. The molecule has 0 radical (unpaired) electrons. The Hall–Kier alpha value is -0.850. The molecule has 0 heterocycles. The van der Waals surface area contributed by atoms with E-state index < -0.39 is 0 Å². The van der Waals surface area contributed by atoms with E-state index in [1.165, 1.54) is 0 Å². The first-order valence-electron chi connectivity index (χ1n) is 3.32. The zero-order chi connectivity index (χ0) is 7.40. The first-order valence-corrected chi connectivity index (χ1v) is 3.32. The molecule has 0 saturated heterocycles. The van der Waals surface area contributed by atoms with Crippen LogP contribution >= 0.6 is 0 Å². The molecule has 2 heteroatoms. The third-order valence-corrected chi connectivity index (χ3v) is 1.64. The maximum absolute atomic E-state index is 10.1. The number of hydrogen-bond acceptors (Lipinski definition) is 2. The summed E-state index contributed by atoms with van der Waals surface area (Å²) in [6, 6.07) is 0. The first-order chi connectivity index (χ1) is 4.86. The lowest BCUT2D eigenvalue weighted by molar-refractivity contribution is 0.132. The molecule has 0 aliphatic heterocycles. The highest BCUT2D eigenvalue weighted by molar-refractivity contribution is 5.57. The van der Waals surface area contributed by atoms with E-state index in [-0.39, 0.29) is 6.10 Å². The van der Waals surface area contributed by atoms with Gasteiger partial charge >= 0.3 is 0 Å². The second kappa shape index (κ2) is 3.35. The number of allylic oxidation sites excluding steroid dienone is 2. The van der Waals surface area contributed by atoms with Crippen LogP contribution in [0.4, 0.5) is 0 Å². The van der Waals surface area contributed by atoms with Gasteiger partial charge in [0.15, 0.2) is 0 Å². The monoisotopic (exact) mass is 138 g/mol. The summed E-state index contributed by atoms with van der Waals surface area (Å²) in [6.07, 6.45) is 5.56. The van der Waals surface area contributed by atoms with Gasteiger partial charge in [0.25, 0.3) is 0 Å². The Morgan fingerprint density at radius 3 is 3.00 bits per heavy atom. The minimum Gasteiger partial charge on any atom is -0.377 e. The number of hydrogen-bond donors (Lipinski definition) is 0. The number of rotatable bonds is 1. The quantitative estimate of drug-likeness (QED) is 0.507. The third-order valence-electron chi connectivity index (χ3n) is 1.64. The summed E-state index contributed by atoms with van der Waals surface area (Å²) in [5.74, 6) is 1.87. The van der Waals surface area contributed by atoms with Crippen molar-refractivity contribution in [3.8, 4) is 0 Å². The molecule has 1 unspecified atom stereocenters. The van der Waals surface area contributed by atoms with Gasteiger partial charge in [0.2, 0.25) is 0 Å². The van der Waals surface area contributed by atoms with Gasteiger partial charge in [0, 0.05) is 12.7 Å². The van der Waals surface area contributed by atoms with E-state index >= 15 is 0 Å². The smallest absolute Gasteiger partial charge is 0.127 e. The summed E-state index contributed by atoms with van der Waals surface area (Å²) in [4.78, 5) is 10.1. The van der Waals surface area contributed by atoms with Crippen molar-refractivity contribution in [2.24, 2.45) is 0 Å². The van der Waals surface area contributed by atoms with Crippen LogP contribution < -0.4 is 0 Å². The standard InChI is InChI=1S/C8H10O2/c1-10-8-4-2-7(6-9)3-5-8/h2,4,8H,3,5H2,1H3. The lowest BCUT2D eigenvalue weighted by atomic mass is 10.0. The minimum absolute atomic E-state index is 0.192. The van der Waals surface area contributed by atoms with Crippen molar-refractivity contribution in [3.05, 3.63) is 17.7 Å². The largest absolute Gasteiger partial charge is 0.377 e. The van der Waals surface area contributed by atoms with Gasteiger partial charge in [-0.3, -0.25) is 0 Å². The van der Waals surface area contributed by atoms with Crippen molar-refractivity contribution in [1.82, 2.24) is 0 Å². The van der Waals surface area contributed by atoms with Crippen molar-refractivity contribution in [2.75, 3.05) is 7.11 Å². The molecule has 0 spiro atoms. The van der Waals surface area contributed by atoms with E-state index in [1.807, 2.05) is 12.0 Å². The van der Waals surface area contributed by atoms with Crippen LogP contribution in [0, 0.1) is 0 Å². The maximum atomic E-state index is 10.1. The molecule has 0 aromatic rings. The van der Waals surface area contributed by atoms with Crippen molar-refractivity contribution in [1.29, 1.82) is 0 Å². The van der Waals surface area contributed by atoms with Crippen LogP contribution in [-0.4, -0.2) is 19.2 Å². The summed E-state index contributed by atoms with van der Waals surface area (Å²) >= 11 is 0. The molecule has 0 saturated carbocycles. The molecule has 0 N–H and O–H groups in total. The van der Waals surface area contributed by atoms with Crippen LogP contribution in [0.15, 0.2) is 17.7 Å². The molecule has 0 bridgehead atoms. The average Bonchev–Trinajstić information content (AvgIpc) is 2.05. The molecule has 1 aliphatic carbocycles. The Morgan fingerprint density at radius 1 is 1.80 bits per heavy atom. The van der Waals surface area contributed by atoms with Gasteiger partial charge in [-0.25, -0.2) is 4.79 Å². The highest BCUT2D eigenvalue weighted by Gasteiger charge is 2.09. The molecule has 1 atom stereocenters. The maximum Gasteiger partial charge on any atom is 0.127 e. The zero-order valence-corrected chi connectivity index (χ0v) is 5.96. The van der Waals surface area contributed by atoms with Crippen LogP contribution in [0.5, 0.6) is 0 Å². The van der Waals surface area contributed by atoms with Gasteiger partial charge in [-0.2, -0.15) is 0 Å². The van der Waals surface area contributed by atoms with Crippen LogP contribution in [0.25, 0.3) is 0 Å². The minimum atomic E-state index is 0.192. The van der Waals surface area contributed by atoms with Crippen molar-refractivity contribution >= 4 is 5.94 Å². The second-order valence-corrected chi connectivity index (χ2v) is 2.30. The second-order valence-electron chi connectivity index (χ2n) is 2.30. The third kappa shape index (κ3) is 1.56. The van der Waals surface area contributed by atoms with Crippen LogP contribution in [0.1, 0.15) is 12.8 Å². The van der Waals surface area contributed by atoms with E-state index in [9.17, 15) is 4.79 Å². The zero-order valence-electron chi connectivity index (χ0n) is 5.96. The molecule has 1 rings (SSSR count). The Kier molecular flexibility index (Phi) is 2.43. The molecule has 0 aromatic carbocycles. The van der Waals surface area contributed by atoms with E-state index in [0.29, 0.717) is 0 Å². The Morgan fingerprint density at radius 2 is 2.60 bits per heavy atom. The van der Waals surface area contributed by atoms with Gasteiger partial charge in [-0.05, 0) is 18.9 Å². The fourth-order valence-electron chi connectivity index (χ4n) is 0.982. The van der Waals surface area contributed by atoms with Crippen LogP contribution in [-0.2, 0) is 9.53 Å². The highest BCUT2D eigenvalue weighted by atomic mass is 16.5. The lowest BCUT2D eigenvalue weighted by Gasteiger charge is -2.13. The van der Waals surface area contributed by atoms with Crippen molar-refractivity contribution in [2.45, 2.75) is 18.9 Å². The van der Waals surface area contributed by atoms with Gasteiger partial charge in [0.1, 0.15) is 5.94 Å². The Bertz CT molecular complexity index is 187. The predicted octanol–water partition coefficient (Wildman–Crippen LogP) is 1.11. The Balaban J connectivity index is 2.60. The molecule has 0 aromatic heterocycles. The van der Waals surface area contributed by atoms with Crippen LogP contribution in [0.3, 0.4) is 0 Å². The molecule has 54 valence electrons. The van der Waals surface area contributed by atoms with Gasteiger partial charge in [0.05, 0.1) is 6.10 Å². The van der Waals surface area contributed by atoms with Gasteiger partial charge in [-0.15, -0.1) is 0 Å². The fourth-order valence-corrected chi connectivity index (χ4v) is 0.982. The Labute approximate surface area is 60.2 Å². The number of ether oxygens (including phenoxy) is 1. The summed E-state index contributed by atoms with van der Waals surface area (Å²) in [5.41, 5.74) is 0.744. The molecular weight excluding hydrogens is 128 g/mol. The molecular formula is C8H10O2. The van der Waals surface area contributed by atoms with Gasteiger partial charge < -0.3 is 4.74 Å². The van der Waals surface area contributed by atoms with Gasteiger partial charge in [-0.1, -0.05) is 6.08 Å². The number of methoxy groups -OCH3 is 1. The molecule has 10 heavy (non-hydrogen) atoms. The molecule has 1 aliphatic rings. The SMILES string of the molecule is COC1C=CC(=C=O)CC1. The van der Waals surface area contributed by atoms with E-state index in [2.05, 4.69) is 0 Å². The normalized spacial score (nSPS) is 24.5. The van der Waals surface area contributed by atoms with Crippen molar-refractivity contribution < 1.29 is 9.53 Å². The van der Waals surface area contributed by atoms with E-state index in [0.717, 1.165) is 18.4 Å². The number of carbonyl (C=O) groups excluding carboxylic acids is 1. The summed E-state index contributed by atoms with van der Waals surface area (Å²) in [6.45, 7) is 0. The molecule has 0 amide bonds. The first kappa shape index (κ1) is 7.26. The van der Waals surface area contributed by atoms with Crippen molar-refractivity contribution in [3.63, 3.8) is 0 Å². The summed E-state index contributed by atoms with van der Waals surface area (Å²) in [7, 11) is 1.67. The molecule has 0 fully saturated rings. The fraction of sp³-hybridized carbons (Fsp3) is 0.500. The van der Waals surface area contributed by atoms with E-state index in [1.54, 1.807) is 13.2 Å². The van der Waals surface area contributed by atoms with Crippen LogP contribution in [0.2, 0.25) is 0 Å². The summed E-state index contributed by atoms with van der Waals surface area (Å²) in [5, 5.41) is 0. The average molecular weight is 138 g/mol. The van der Waals surface area contributed by atoms with E-state index in [4.69, 9.17) is 4.74 Å². The highest BCUT2D eigenvalue weighted by Crippen LogP contribution is 2.15. The lowest BCUT2D eigenvalue weighted by Crippen LogP contribution is -2.10. The topological polar surface area (TPSA) is 26.3 Å². The molecule has 2 nitrogen and oxygen atoms in total.